The predicted octanol–water partition coefficient (Wildman–Crippen LogP) is 2.52. The number of H-pyrrole nitrogens is 1. The Hall–Kier alpha value is -2.93. The minimum atomic E-state index is -0.477. The molecule has 1 amide bonds. The van der Waals surface area contributed by atoms with Gasteiger partial charge in [0.05, 0.1) is 10.9 Å². The molecule has 0 fully saturated rings. The van der Waals surface area contributed by atoms with Crippen molar-refractivity contribution in [1.82, 2.24) is 9.66 Å². The normalized spacial score (nSPS) is 10.5. The van der Waals surface area contributed by atoms with Crippen LogP contribution in [-0.4, -0.2) is 22.2 Å². The maximum atomic E-state index is 12.4. The molecular weight excluding hydrogens is 326 g/mol. The van der Waals surface area contributed by atoms with Crippen molar-refractivity contribution in [3.05, 3.63) is 69.2 Å². The molecule has 0 spiro atoms. The second-order valence-electron chi connectivity index (χ2n) is 5.21. The van der Waals surface area contributed by atoms with Crippen molar-refractivity contribution in [2.24, 2.45) is 0 Å². The van der Waals surface area contributed by atoms with Gasteiger partial charge in [0, 0.05) is 0 Å². The Balaban J connectivity index is 1.80. The molecule has 0 aliphatic rings. The van der Waals surface area contributed by atoms with Crippen LogP contribution in [0.25, 0.3) is 10.9 Å². The first-order chi connectivity index (χ1) is 11.6. The summed E-state index contributed by atoms with van der Waals surface area (Å²) in [6.45, 7) is 1.66. The van der Waals surface area contributed by atoms with Crippen molar-refractivity contribution in [2.45, 2.75) is 6.92 Å². The van der Waals surface area contributed by atoms with Gasteiger partial charge in [-0.3, -0.25) is 15.0 Å². The minimum absolute atomic E-state index is 0.114. The molecule has 24 heavy (non-hydrogen) atoms. The van der Waals surface area contributed by atoms with Crippen LogP contribution in [0, 0.1) is 11.7 Å². The van der Waals surface area contributed by atoms with Crippen molar-refractivity contribution in [3.63, 3.8) is 0 Å². The molecule has 1 aromatic heterocycles. The zero-order chi connectivity index (χ0) is 17.1. The quantitative estimate of drug-likeness (QED) is 0.715. The van der Waals surface area contributed by atoms with Crippen molar-refractivity contribution in [3.8, 4) is 5.75 Å². The summed E-state index contributed by atoms with van der Waals surface area (Å²) in [5.41, 5.74) is 3.62. The molecule has 0 unspecified atom stereocenters. The molecular formula is C17H15N3O3S. The van der Waals surface area contributed by atoms with Crippen LogP contribution in [0.1, 0.15) is 5.56 Å². The smallest absolute Gasteiger partial charge is 0.281 e. The first-order valence-electron chi connectivity index (χ1n) is 7.28. The summed E-state index contributed by atoms with van der Waals surface area (Å²) in [6, 6.07) is 14.3. The Morgan fingerprint density at radius 1 is 1.21 bits per heavy atom. The van der Waals surface area contributed by atoms with E-state index in [9.17, 15) is 9.59 Å². The van der Waals surface area contributed by atoms with E-state index in [2.05, 4.69) is 10.4 Å². The summed E-state index contributed by atoms with van der Waals surface area (Å²) in [7, 11) is 0. The van der Waals surface area contributed by atoms with Gasteiger partial charge in [-0.05, 0) is 42.9 Å². The zero-order valence-corrected chi connectivity index (χ0v) is 13.7. The molecule has 2 N–H and O–H groups in total. The largest absolute Gasteiger partial charge is 0.483 e. The van der Waals surface area contributed by atoms with E-state index < -0.39 is 11.5 Å². The molecule has 0 bridgehead atoms. The highest BCUT2D eigenvalue weighted by atomic mass is 32.1. The molecule has 3 rings (SSSR count). The molecule has 0 saturated heterocycles. The molecule has 3 aromatic rings. The third kappa shape index (κ3) is 3.21. The number of amides is 1. The summed E-state index contributed by atoms with van der Waals surface area (Å²) in [5.74, 6) is 0.138. The molecule has 1 heterocycles. The fraction of sp³-hybridized carbons (Fsp3) is 0.118. The fourth-order valence-electron chi connectivity index (χ4n) is 2.28. The number of aryl methyl sites for hydroxylation is 1. The van der Waals surface area contributed by atoms with Gasteiger partial charge < -0.3 is 9.72 Å². The van der Waals surface area contributed by atoms with E-state index in [4.69, 9.17) is 17.0 Å². The topological polar surface area (TPSA) is 76.1 Å². The maximum absolute atomic E-state index is 12.4. The zero-order valence-electron chi connectivity index (χ0n) is 12.9. The van der Waals surface area contributed by atoms with Crippen LogP contribution in [0.5, 0.6) is 5.75 Å². The van der Waals surface area contributed by atoms with Crippen molar-refractivity contribution in [1.29, 1.82) is 0 Å². The molecule has 0 aliphatic heterocycles. The van der Waals surface area contributed by atoms with Gasteiger partial charge >= 0.3 is 0 Å². The third-order valence-corrected chi connectivity index (χ3v) is 3.78. The van der Waals surface area contributed by atoms with E-state index in [1.165, 1.54) is 0 Å². The summed E-state index contributed by atoms with van der Waals surface area (Å²) >= 11 is 5.14. The summed E-state index contributed by atoms with van der Waals surface area (Å²) in [6.07, 6.45) is 0. The van der Waals surface area contributed by atoms with Crippen molar-refractivity contribution >= 4 is 29.0 Å². The summed E-state index contributed by atoms with van der Waals surface area (Å²) in [5, 5.41) is 0.436. The third-order valence-electron chi connectivity index (χ3n) is 3.49. The number of rotatable bonds is 4. The average molecular weight is 341 g/mol. The lowest BCUT2D eigenvalue weighted by atomic mass is 10.2. The minimum Gasteiger partial charge on any atom is -0.483 e. The van der Waals surface area contributed by atoms with E-state index in [-0.39, 0.29) is 11.4 Å². The van der Waals surface area contributed by atoms with E-state index in [1.54, 1.807) is 30.3 Å². The van der Waals surface area contributed by atoms with Gasteiger partial charge in [-0.2, -0.15) is 4.68 Å². The summed E-state index contributed by atoms with van der Waals surface area (Å²) in [4.78, 5) is 27.4. The number of nitrogens with one attached hydrogen (secondary N) is 2. The van der Waals surface area contributed by atoms with E-state index in [0.717, 1.165) is 10.2 Å². The van der Waals surface area contributed by atoms with Gasteiger partial charge in [0.2, 0.25) is 0 Å². The number of hydrogen-bond donors (Lipinski definition) is 2. The van der Waals surface area contributed by atoms with Crippen LogP contribution >= 0.6 is 12.2 Å². The van der Waals surface area contributed by atoms with Crippen LogP contribution < -0.4 is 15.7 Å². The second kappa shape index (κ2) is 6.67. The van der Waals surface area contributed by atoms with Crippen molar-refractivity contribution < 1.29 is 9.53 Å². The number of para-hydroxylation sites is 2. The summed E-state index contributed by atoms with van der Waals surface area (Å²) < 4.78 is 6.60. The van der Waals surface area contributed by atoms with Crippen LogP contribution in [0.2, 0.25) is 0 Å². The number of ether oxygens (including phenoxy) is 1. The second-order valence-corrected chi connectivity index (χ2v) is 5.59. The molecule has 6 nitrogen and oxygen atoms in total. The number of carbonyl (C=O) groups excluding carboxylic acids is 1. The fourth-order valence-corrected chi connectivity index (χ4v) is 2.52. The first kappa shape index (κ1) is 15.9. The van der Waals surface area contributed by atoms with Crippen LogP contribution in [-0.2, 0) is 4.79 Å². The maximum Gasteiger partial charge on any atom is 0.281 e. The molecule has 0 atom stereocenters. The first-order valence-corrected chi connectivity index (χ1v) is 7.69. The lowest BCUT2D eigenvalue weighted by Crippen LogP contribution is -2.36. The Morgan fingerprint density at radius 2 is 1.92 bits per heavy atom. The molecule has 7 heteroatoms. The molecule has 0 aliphatic carbocycles. The molecule has 2 aromatic carbocycles. The van der Waals surface area contributed by atoms with Gasteiger partial charge in [0.15, 0.2) is 11.4 Å². The number of fused-ring (bicyclic) bond motifs is 1. The molecule has 0 radical (unpaired) electrons. The number of nitrogens with zero attached hydrogens (tertiary/aromatic N) is 1. The van der Waals surface area contributed by atoms with E-state index >= 15 is 0 Å². The van der Waals surface area contributed by atoms with Gasteiger partial charge in [0.1, 0.15) is 5.75 Å². The van der Waals surface area contributed by atoms with Crippen LogP contribution in [0.15, 0.2) is 53.3 Å². The number of benzene rings is 2. The number of aromatic nitrogens is 2. The standard InChI is InChI=1S/C17H15N3O3S/c1-11-6-2-5-9-14(11)23-10-15(21)19-20-16(22)12-7-3-4-8-13(12)18-17(20)24/h2-9H,10H2,1H3,(H,18,24)(H,19,21). The number of carbonyl (C=O) groups is 1. The lowest BCUT2D eigenvalue weighted by molar-refractivity contribution is -0.119. The SMILES string of the molecule is Cc1ccccc1OCC(=O)Nn1c(=S)[nH]c2ccccc2c1=O. The Kier molecular flexibility index (Phi) is 4.43. The van der Waals surface area contributed by atoms with E-state index in [1.807, 2.05) is 25.1 Å². The average Bonchev–Trinajstić information content (AvgIpc) is 2.58. The number of aromatic amines is 1. The Morgan fingerprint density at radius 3 is 2.71 bits per heavy atom. The monoisotopic (exact) mass is 341 g/mol. The van der Waals surface area contributed by atoms with Crippen molar-refractivity contribution in [2.75, 3.05) is 12.0 Å². The van der Waals surface area contributed by atoms with Gasteiger partial charge in [-0.15, -0.1) is 0 Å². The molecule has 0 saturated carbocycles. The highest BCUT2D eigenvalue weighted by Gasteiger charge is 2.09. The van der Waals surface area contributed by atoms with Crippen LogP contribution in [0.4, 0.5) is 0 Å². The van der Waals surface area contributed by atoms with Gasteiger partial charge in [-0.25, -0.2) is 0 Å². The van der Waals surface area contributed by atoms with Crippen LogP contribution in [0.3, 0.4) is 0 Å². The predicted molar refractivity (Wildman–Crippen MR) is 94.4 cm³/mol. The lowest BCUT2D eigenvalue weighted by Gasteiger charge is -2.11. The number of hydrogen-bond acceptors (Lipinski definition) is 4. The Bertz CT molecular complexity index is 1020. The highest BCUT2D eigenvalue weighted by Crippen LogP contribution is 2.15. The highest BCUT2D eigenvalue weighted by molar-refractivity contribution is 7.71. The van der Waals surface area contributed by atoms with E-state index in [0.29, 0.717) is 16.7 Å². The van der Waals surface area contributed by atoms with Gasteiger partial charge in [0.25, 0.3) is 11.5 Å². The van der Waals surface area contributed by atoms with Gasteiger partial charge in [-0.1, -0.05) is 30.3 Å². The molecule has 122 valence electrons. The Labute approximate surface area is 142 Å².